The van der Waals surface area contributed by atoms with Crippen molar-refractivity contribution >= 4 is 34.9 Å². The standard InChI is InChI=1S/C27H42N8O3/c1-15-8-10-19(11-9-15)12-34-21-23(29-18(4)20-6-5-7-20)31-25(22(28)30-27(36)37)32-24(21)33-26(34)35-16(2)13-38-14-17(35)3/h15-20H,5-14H2,1-4H3,(H2,28,30)(H,36,37)(H,29,31,32)/t15?,16-,17-,18-,19?/m1/s1. The summed E-state index contributed by atoms with van der Waals surface area (Å²) in [5, 5.41) is 23.2. The normalized spacial score (nSPS) is 27.1. The molecule has 208 valence electrons. The van der Waals surface area contributed by atoms with Gasteiger partial charge in [-0.25, -0.2) is 14.8 Å². The monoisotopic (exact) mass is 526 g/mol. The van der Waals surface area contributed by atoms with E-state index in [0.29, 0.717) is 36.5 Å². The average molecular weight is 527 g/mol. The molecule has 1 aliphatic heterocycles. The van der Waals surface area contributed by atoms with E-state index in [1.54, 1.807) is 0 Å². The van der Waals surface area contributed by atoms with Crippen molar-refractivity contribution < 1.29 is 14.6 Å². The minimum Gasteiger partial charge on any atom is -0.465 e. The third-order valence-electron chi connectivity index (χ3n) is 8.73. The molecule has 2 aliphatic carbocycles. The highest BCUT2D eigenvalue weighted by Gasteiger charge is 2.33. The SMILES string of the molecule is CC1CCC(Cn2c(N3[C@H](C)COC[C@H]3C)nc3nc(C(=N)NC(=O)O)nc(N[C@H](C)C4CCC4)c32)CC1. The van der Waals surface area contributed by atoms with Crippen LogP contribution in [0.5, 0.6) is 0 Å². The van der Waals surface area contributed by atoms with Crippen molar-refractivity contribution in [2.24, 2.45) is 17.8 Å². The number of fused-ring (bicyclic) bond motifs is 1. The minimum atomic E-state index is -1.32. The molecule has 3 fully saturated rings. The molecule has 1 saturated heterocycles. The maximum atomic E-state index is 11.3. The number of morpholine rings is 1. The number of anilines is 2. The highest BCUT2D eigenvalue weighted by atomic mass is 16.5. The maximum absolute atomic E-state index is 11.3. The molecule has 3 aliphatic rings. The Morgan fingerprint density at radius 2 is 1.76 bits per heavy atom. The van der Waals surface area contributed by atoms with Crippen molar-refractivity contribution in [3.8, 4) is 0 Å². The molecule has 0 spiro atoms. The first-order valence-corrected chi connectivity index (χ1v) is 14.2. The Morgan fingerprint density at radius 3 is 2.37 bits per heavy atom. The van der Waals surface area contributed by atoms with Crippen LogP contribution in [0.15, 0.2) is 0 Å². The number of carboxylic acid groups (broad SMARTS) is 1. The van der Waals surface area contributed by atoms with Crippen LogP contribution >= 0.6 is 0 Å². The fourth-order valence-corrected chi connectivity index (χ4v) is 6.21. The zero-order valence-electron chi connectivity index (χ0n) is 23.0. The Balaban J connectivity index is 1.63. The van der Waals surface area contributed by atoms with Gasteiger partial charge in [0.2, 0.25) is 5.95 Å². The van der Waals surface area contributed by atoms with Crippen molar-refractivity contribution in [3.63, 3.8) is 0 Å². The van der Waals surface area contributed by atoms with Gasteiger partial charge in [0, 0.05) is 12.6 Å². The maximum Gasteiger partial charge on any atom is 0.410 e. The van der Waals surface area contributed by atoms with E-state index in [1.807, 2.05) is 0 Å². The summed E-state index contributed by atoms with van der Waals surface area (Å²) in [5.41, 5.74) is 1.32. The van der Waals surface area contributed by atoms with Gasteiger partial charge in [-0.3, -0.25) is 10.7 Å². The van der Waals surface area contributed by atoms with E-state index in [4.69, 9.17) is 20.1 Å². The van der Waals surface area contributed by atoms with Gasteiger partial charge in [0.25, 0.3) is 0 Å². The third-order valence-corrected chi connectivity index (χ3v) is 8.73. The van der Waals surface area contributed by atoms with Crippen LogP contribution in [0.4, 0.5) is 16.6 Å². The summed E-state index contributed by atoms with van der Waals surface area (Å²) in [7, 11) is 0. The van der Waals surface area contributed by atoms with Gasteiger partial charge >= 0.3 is 6.09 Å². The van der Waals surface area contributed by atoms with E-state index in [0.717, 1.165) is 23.9 Å². The van der Waals surface area contributed by atoms with Crippen molar-refractivity contribution in [2.45, 2.75) is 97.3 Å². The van der Waals surface area contributed by atoms with Crippen LogP contribution in [0, 0.1) is 23.2 Å². The number of hydrogen-bond acceptors (Lipinski definition) is 8. The number of nitrogens with one attached hydrogen (secondary N) is 3. The third kappa shape index (κ3) is 5.43. The predicted octanol–water partition coefficient (Wildman–Crippen LogP) is 4.46. The number of hydrogen-bond donors (Lipinski definition) is 4. The zero-order chi connectivity index (χ0) is 27.0. The molecule has 2 aromatic rings. The lowest BCUT2D eigenvalue weighted by Gasteiger charge is -2.40. The van der Waals surface area contributed by atoms with Crippen LogP contribution in [-0.4, -0.2) is 67.9 Å². The molecule has 0 radical (unpaired) electrons. The Hall–Kier alpha value is -2.95. The van der Waals surface area contributed by atoms with Gasteiger partial charge in [-0.15, -0.1) is 0 Å². The molecule has 0 unspecified atom stereocenters. The number of rotatable bonds is 7. The molecule has 1 amide bonds. The van der Waals surface area contributed by atoms with E-state index in [9.17, 15) is 9.90 Å². The first kappa shape index (κ1) is 26.6. The molecule has 11 heteroatoms. The number of ether oxygens (including phenoxy) is 1. The highest BCUT2D eigenvalue weighted by molar-refractivity contribution is 6.03. The molecule has 3 heterocycles. The molecule has 11 nitrogen and oxygen atoms in total. The molecular formula is C27H42N8O3. The smallest absolute Gasteiger partial charge is 0.410 e. The van der Waals surface area contributed by atoms with Gasteiger partial charge in [-0.05, 0) is 64.2 Å². The molecule has 0 aromatic carbocycles. The van der Waals surface area contributed by atoms with E-state index in [1.165, 1.54) is 44.9 Å². The van der Waals surface area contributed by atoms with Gasteiger partial charge in [-0.1, -0.05) is 26.2 Å². The topological polar surface area (TPSA) is 141 Å². The van der Waals surface area contributed by atoms with E-state index < -0.39 is 6.09 Å². The van der Waals surface area contributed by atoms with Gasteiger partial charge in [0.1, 0.15) is 5.52 Å². The highest BCUT2D eigenvalue weighted by Crippen LogP contribution is 2.37. The van der Waals surface area contributed by atoms with Crippen LogP contribution < -0.4 is 15.5 Å². The number of aromatic nitrogens is 4. The Bertz CT molecular complexity index is 1160. The van der Waals surface area contributed by atoms with Gasteiger partial charge < -0.3 is 24.6 Å². The number of carbonyl (C=O) groups is 1. The fraction of sp³-hybridized carbons (Fsp3) is 0.741. The van der Waals surface area contributed by atoms with Crippen molar-refractivity contribution in [1.29, 1.82) is 5.41 Å². The lowest BCUT2D eigenvalue weighted by Crippen LogP contribution is -2.51. The average Bonchev–Trinajstić information content (AvgIpc) is 3.16. The lowest BCUT2D eigenvalue weighted by molar-refractivity contribution is 0.0741. The Kier molecular flexibility index (Phi) is 7.74. The first-order chi connectivity index (χ1) is 18.2. The molecule has 0 bridgehead atoms. The number of nitrogens with zero attached hydrogens (tertiary/aromatic N) is 5. The summed E-state index contributed by atoms with van der Waals surface area (Å²) < 4.78 is 8.11. The van der Waals surface area contributed by atoms with Gasteiger partial charge in [0.05, 0.1) is 25.3 Å². The number of amides is 1. The molecule has 5 rings (SSSR count). The fourth-order valence-electron chi connectivity index (χ4n) is 6.21. The Labute approximate surface area is 224 Å². The van der Waals surface area contributed by atoms with Crippen molar-refractivity contribution in [3.05, 3.63) is 5.82 Å². The first-order valence-electron chi connectivity index (χ1n) is 14.2. The summed E-state index contributed by atoms with van der Waals surface area (Å²) in [6, 6.07) is 0.482. The van der Waals surface area contributed by atoms with E-state index in [2.05, 4.69) is 52.8 Å². The molecular weight excluding hydrogens is 484 g/mol. The van der Waals surface area contributed by atoms with Crippen LogP contribution in [0.3, 0.4) is 0 Å². The molecule has 2 saturated carbocycles. The molecule has 3 atom stereocenters. The lowest BCUT2D eigenvalue weighted by atomic mass is 9.80. The summed E-state index contributed by atoms with van der Waals surface area (Å²) in [6.07, 6.45) is 7.12. The minimum absolute atomic E-state index is 0.0222. The van der Waals surface area contributed by atoms with Gasteiger partial charge in [0.15, 0.2) is 23.1 Å². The molecule has 2 aromatic heterocycles. The second-order valence-electron chi connectivity index (χ2n) is 11.8. The zero-order valence-corrected chi connectivity index (χ0v) is 23.0. The quantitative estimate of drug-likeness (QED) is 0.306. The number of amidine groups is 1. The summed E-state index contributed by atoms with van der Waals surface area (Å²) in [6.45, 7) is 10.9. The Morgan fingerprint density at radius 1 is 1.08 bits per heavy atom. The van der Waals surface area contributed by atoms with Crippen LogP contribution in [0.1, 0.15) is 78.5 Å². The summed E-state index contributed by atoms with van der Waals surface area (Å²) in [4.78, 5) is 28.0. The van der Waals surface area contributed by atoms with E-state index in [-0.39, 0.29) is 29.8 Å². The second-order valence-corrected chi connectivity index (χ2v) is 11.8. The molecule has 38 heavy (non-hydrogen) atoms. The van der Waals surface area contributed by atoms with E-state index >= 15 is 0 Å². The second kappa shape index (κ2) is 11.0. The van der Waals surface area contributed by atoms with Crippen molar-refractivity contribution in [2.75, 3.05) is 23.4 Å². The molecule has 4 N–H and O–H groups in total. The summed E-state index contributed by atoms with van der Waals surface area (Å²) >= 11 is 0. The predicted molar refractivity (Wildman–Crippen MR) is 147 cm³/mol. The summed E-state index contributed by atoms with van der Waals surface area (Å²) in [5.74, 6) is 3.01. The number of imidazole rings is 1. The van der Waals surface area contributed by atoms with Gasteiger partial charge in [-0.2, -0.15) is 4.98 Å². The van der Waals surface area contributed by atoms with Crippen molar-refractivity contribution in [1.82, 2.24) is 24.8 Å². The largest absolute Gasteiger partial charge is 0.465 e. The van der Waals surface area contributed by atoms with Crippen LogP contribution in [-0.2, 0) is 11.3 Å². The van der Waals surface area contributed by atoms with Crippen LogP contribution in [0.25, 0.3) is 11.2 Å². The van der Waals surface area contributed by atoms with Crippen LogP contribution in [0.2, 0.25) is 0 Å².